The van der Waals surface area contributed by atoms with Gasteiger partial charge in [0.25, 0.3) is 0 Å². The summed E-state index contributed by atoms with van der Waals surface area (Å²) < 4.78 is 32.6. The van der Waals surface area contributed by atoms with Gasteiger partial charge in [0.1, 0.15) is 6.54 Å². The summed E-state index contributed by atoms with van der Waals surface area (Å²) in [5.41, 5.74) is 1.96. The molecule has 172 valence electrons. The SMILES string of the molecule is O=C(CN(c1ccccc1)c1ccccc1)Nc1cc(S(=O)(=O)N2CCOCC2)ccc1Cl. The summed E-state index contributed by atoms with van der Waals surface area (Å²) in [6.45, 7) is 1.30. The molecule has 1 aliphatic rings. The summed E-state index contributed by atoms with van der Waals surface area (Å²) in [5.74, 6) is -0.328. The van der Waals surface area contributed by atoms with Gasteiger partial charge in [-0.2, -0.15) is 4.31 Å². The molecular formula is C24H24ClN3O4S. The molecule has 1 heterocycles. The van der Waals surface area contributed by atoms with Crippen molar-refractivity contribution in [2.75, 3.05) is 43.1 Å². The number of benzene rings is 3. The Hall–Kier alpha value is -2.91. The van der Waals surface area contributed by atoms with Gasteiger partial charge in [0.2, 0.25) is 15.9 Å². The number of hydrogen-bond acceptors (Lipinski definition) is 5. The molecule has 0 saturated carbocycles. The van der Waals surface area contributed by atoms with Crippen molar-refractivity contribution in [3.8, 4) is 0 Å². The molecule has 1 amide bonds. The fraction of sp³-hybridized carbons (Fsp3) is 0.208. The Labute approximate surface area is 198 Å². The van der Waals surface area contributed by atoms with E-state index >= 15 is 0 Å². The van der Waals surface area contributed by atoms with Crippen LogP contribution >= 0.6 is 11.6 Å². The quantitative estimate of drug-likeness (QED) is 0.544. The molecule has 3 aromatic carbocycles. The zero-order valence-electron chi connectivity index (χ0n) is 17.9. The second kappa shape index (κ2) is 10.4. The number of amides is 1. The average Bonchev–Trinajstić information content (AvgIpc) is 2.85. The van der Waals surface area contributed by atoms with Crippen LogP contribution in [0.1, 0.15) is 0 Å². The molecule has 1 N–H and O–H groups in total. The lowest BCUT2D eigenvalue weighted by atomic mass is 10.2. The summed E-state index contributed by atoms with van der Waals surface area (Å²) in [6, 6.07) is 23.4. The molecular weight excluding hydrogens is 462 g/mol. The molecule has 9 heteroatoms. The first kappa shape index (κ1) is 23.3. The predicted molar refractivity (Wildman–Crippen MR) is 130 cm³/mol. The van der Waals surface area contributed by atoms with Gasteiger partial charge in [-0.1, -0.05) is 48.0 Å². The molecule has 0 aliphatic carbocycles. The van der Waals surface area contributed by atoms with Crippen LogP contribution in [0.2, 0.25) is 5.02 Å². The van der Waals surface area contributed by atoms with Gasteiger partial charge in [-0.05, 0) is 42.5 Å². The Morgan fingerprint density at radius 3 is 2.09 bits per heavy atom. The van der Waals surface area contributed by atoms with Gasteiger partial charge in [0.05, 0.1) is 28.8 Å². The smallest absolute Gasteiger partial charge is 0.244 e. The van der Waals surface area contributed by atoms with E-state index in [2.05, 4.69) is 5.32 Å². The number of morpholine rings is 1. The van der Waals surface area contributed by atoms with Gasteiger partial charge >= 0.3 is 0 Å². The number of ether oxygens (including phenoxy) is 1. The van der Waals surface area contributed by atoms with Gasteiger partial charge in [-0.15, -0.1) is 0 Å². The highest BCUT2D eigenvalue weighted by Gasteiger charge is 2.27. The average molecular weight is 486 g/mol. The molecule has 0 unspecified atom stereocenters. The van der Waals surface area contributed by atoms with E-state index in [1.807, 2.05) is 65.6 Å². The number of nitrogens with zero attached hydrogens (tertiary/aromatic N) is 2. The lowest BCUT2D eigenvalue weighted by Gasteiger charge is -2.26. The summed E-state index contributed by atoms with van der Waals surface area (Å²) >= 11 is 6.29. The normalized spacial score (nSPS) is 14.6. The number of sulfonamides is 1. The maximum Gasteiger partial charge on any atom is 0.244 e. The minimum absolute atomic E-state index is 0.0186. The van der Waals surface area contributed by atoms with E-state index in [0.29, 0.717) is 13.2 Å². The Balaban J connectivity index is 1.55. The van der Waals surface area contributed by atoms with Gasteiger partial charge in [0, 0.05) is 24.5 Å². The zero-order valence-corrected chi connectivity index (χ0v) is 19.4. The maximum absolute atomic E-state index is 13.0. The zero-order chi connectivity index (χ0) is 23.3. The second-order valence-corrected chi connectivity index (χ2v) is 9.81. The van der Waals surface area contributed by atoms with Crippen LogP contribution in [0.4, 0.5) is 17.1 Å². The molecule has 0 spiro atoms. The van der Waals surface area contributed by atoms with E-state index in [1.165, 1.54) is 22.5 Å². The Bertz CT molecular complexity index is 1160. The number of para-hydroxylation sites is 2. The van der Waals surface area contributed by atoms with Crippen molar-refractivity contribution in [1.29, 1.82) is 0 Å². The van der Waals surface area contributed by atoms with Crippen LogP contribution < -0.4 is 10.2 Å². The first-order chi connectivity index (χ1) is 15.9. The molecule has 0 aromatic heterocycles. The standard InChI is InChI=1S/C24H24ClN3O4S/c25-22-12-11-21(33(30,31)27-13-15-32-16-14-27)17-23(22)26-24(29)18-28(19-7-3-1-4-8-19)20-9-5-2-6-10-20/h1-12,17H,13-16,18H2,(H,26,29). The second-order valence-electron chi connectivity index (χ2n) is 7.46. The van der Waals surface area contributed by atoms with Gasteiger partial charge in [-0.3, -0.25) is 4.79 Å². The monoisotopic (exact) mass is 485 g/mol. The van der Waals surface area contributed by atoms with E-state index in [1.54, 1.807) is 0 Å². The van der Waals surface area contributed by atoms with Crippen LogP contribution in [0.3, 0.4) is 0 Å². The number of carbonyl (C=O) groups excluding carboxylic acids is 1. The summed E-state index contributed by atoms with van der Waals surface area (Å²) in [7, 11) is -3.71. The van der Waals surface area contributed by atoms with Crippen LogP contribution in [0.15, 0.2) is 83.8 Å². The predicted octanol–water partition coefficient (Wildman–Crippen LogP) is 4.14. The summed E-state index contributed by atoms with van der Waals surface area (Å²) in [4.78, 5) is 14.9. The number of nitrogens with one attached hydrogen (secondary N) is 1. The topological polar surface area (TPSA) is 79.0 Å². The highest BCUT2D eigenvalue weighted by atomic mass is 35.5. The fourth-order valence-electron chi connectivity index (χ4n) is 3.58. The molecule has 33 heavy (non-hydrogen) atoms. The molecule has 4 rings (SSSR count). The lowest BCUT2D eigenvalue weighted by molar-refractivity contribution is -0.114. The van der Waals surface area contributed by atoms with E-state index < -0.39 is 10.0 Å². The summed E-state index contributed by atoms with van der Waals surface area (Å²) in [6.07, 6.45) is 0. The molecule has 1 saturated heterocycles. The third-order valence-electron chi connectivity index (χ3n) is 5.26. The third-order valence-corrected chi connectivity index (χ3v) is 7.48. The van der Waals surface area contributed by atoms with Crippen LogP contribution in [0.5, 0.6) is 0 Å². The van der Waals surface area contributed by atoms with E-state index in [9.17, 15) is 13.2 Å². The molecule has 7 nitrogen and oxygen atoms in total. The van der Waals surface area contributed by atoms with Crippen LogP contribution in [0.25, 0.3) is 0 Å². The minimum Gasteiger partial charge on any atom is -0.379 e. The van der Waals surface area contributed by atoms with Gasteiger partial charge < -0.3 is 15.0 Å². The van der Waals surface area contributed by atoms with Crippen molar-refractivity contribution in [2.45, 2.75) is 4.90 Å². The van der Waals surface area contributed by atoms with Crippen molar-refractivity contribution >= 4 is 44.6 Å². The van der Waals surface area contributed by atoms with E-state index in [-0.39, 0.29) is 41.1 Å². The van der Waals surface area contributed by atoms with Gasteiger partial charge in [0.15, 0.2) is 0 Å². The van der Waals surface area contributed by atoms with Crippen LogP contribution in [-0.2, 0) is 19.6 Å². The summed E-state index contributed by atoms with van der Waals surface area (Å²) in [5, 5.41) is 3.03. The molecule has 3 aromatic rings. The minimum atomic E-state index is -3.71. The number of hydrogen-bond donors (Lipinski definition) is 1. The fourth-order valence-corrected chi connectivity index (χ4v) is 5.18. The van der Waals surface area contributed by atoms with Crippen LogP contribution in [0, 0.1) is 0 Å². The number of rotatable bonds is 7. The van der Waals surface area contributed by atoms with Crippen molar-refractivity contribution < 1.29 is 17.9 Å². The Kier molecular flexibility index (Phi) is 7.29. The van der Waals surface area contributed by atoms with Crippen molar-refractivity contribution in [2.24, 2.45) is 0 Å². The van der Waals surface area contributed by atoms with Crippen molar-refractivity contribution in [3.05, 3.63) is 83.9 Å². The first-order valence-electron chi connectivity index (χ1n) is 10.5. The van der Waals surface area contributed by atoms with Crippen molar-refractivity contribution in [1.82, 2.24) is 4.31 Å². The first-order valence-corrected chi connectivity index (χ1v) is 12.3. The number of anilines is 3. The molecule has 0 bridgehead atoms. The molecule has 0 radical (unpaired) electrons. The maximum atomic E-state index is 13.0. The van der Waals surface area contributed by atoms with E-state index in [4.69, 9.17) is 16.3 Å². The highest BCUT2D eigenvalue weighted by molar-refractivity contribution is 7.89. The van der Waals surface area contributed by atoms with E-state index in [0.717, 1.165) is 11.4 Å². The molecule has 1 aliphatic heterocycles. The van der Waals surface area contributed by atoms with Crippen LogP contribution in [-0.4, -0.2) is 51.5 Å². The number of halogens is 1. The Morgan fingerprint density at radius 2 is 1.52 bits per heavy atom. The molecule has 0 atom stereocenters. The number of carbonyl (C=O) groups is 1. The largest absolute Gasteiger partial charge is 0.379 e. The lowest BCUT2D eigenvalue weighted by Crippen LogP contribution is -2.40. The third kappa shape index (κ3) is 5.54. The highest BCUT2D eigenvalue weighted by Crippen LogP contribution is 2.29. The van der Waals surface area contributed by atoms with Gasteiger partial charge in [-0.25, -0.2) is 8.42 Å². The Morgan fingerprint density at radius 1 is 0.939 bits per heavy atom. The van der Waals surface area contributed by atoms with Crippen molar-refractivity contribution in [3.63, 3.8) is 0 Å². The molecule has 1 fully saturated rings.